The molecule has 50 heavy (non-hydrogen) atoms. The molecule has 1 N–H and O–H groups in total. The summed E-state index contributed by atoms with van der Waals surface area (Å²) in [4.78, 5) is 60.4. The van der Waals surface area contributed by atoms with Crippen molar-refractivity contribution in [2.75, 3.05) is 18.1 Å². The summed E-state index contributed by atoms with van der Waals surface area (Å²) in [5.74, 6) is -3.43. The average molecular weight is 713 g/mol. The number of hydrogen-bond acceptors (Lipinski definition) is 8. The molecule has 2 aliphatic heterocycles. The van der Waals surface area contributed by atoms with Gasteiger partial charge in [-0.05, 0) is 93.3 Å². The van der Waals surface area contributed by atoms with Gasteiger partial charge in [0.05, 0.1) is 34.7 Å². The van der Waals surface area contributed by atoms with Crippen LogP contribution in [0.25, 0.3) is 20.7 Å². The largest absolute Gasteiger partial charge is 0.504 e. The lowest BCUT2D eigenvalue weighted by Gasteiger charge is -2.49. The first-order valence-electron chi connectivity index (χ1n) is 17.0. The Labute approximate surface area is 298 Å². The summed E-state index contributed by atoms with van der Waals surface area (Å²) in [6, 6.07) is 12.6. The molecule has 12 heteroatoms. The Hall–Kier alpha value is -4.48. The smallest absolute Gasteiger partial charge is 0.242 e. The molecule has 4 aromatic rings. The zero-order chi connectivity index (χ0) is 35.4. The van der Waals surface area contributed by atoms with E-state index in [0.717, 1.165) is 26.1 Å². The molecular weight excluding hydrogens is 676 g/mol. The number of rotatable bonds is 6. The molecule has 8 rings (SSSR count). The quantitative estimate of drug-likeness (QED) is 0.176. The van der Waals surface area contributed by atoms with Crippen LogP contribution in [0.5, 0.6) is 11.5 Å². The lowest BCUT2D eigenvalue weighted by atomic mass is 9.51. The van der Waals surface area contributed by atoms with Gasteiger partial charge in [0.1, 0.15) is 11.5 Å². The fourth-order valence-corrected chi connectivity index (χ4v) is 10.5. The Morgan fingerprint density at radius 2 is 1.82 bits per heavy atom. The average Bonchev–Trinajstić information content (AvgIpc) is 3.76. The summed E-state index contributed by atoms with van der Waals surface area (Å²) in [7, 11) is 1.73. The Kier molecular flexibility index (Phi) is 7.54. The number of carbonyl (C=O) groups is 4. The van der Waals surface area contributed by atoms with Crippen molar-refractivity contribution in [2.24, 2.45) is 36.1 Å². The molecule has 4 amide bonds. The second kappa shape index (κ2) is 11.5. The van der Waals surface area contributed by atoms with Crippen LogP contribution in [0.2, 0.25) is 5.02 Å². The van der Waals surface area contributed by atoms with E-state index >= 15 is 4.79 Å². The maximum Gasteiger partial charge on any atom is 0.242 e. The van der Waals surface area contributed by atoms with Crippen molar-refractivity contribution in [3.8, 4) is 22.1 Å². The van der Waals surface area contributed by atoms with E-state index < -0.39 is 35.0 Å². The molecule has 6 unspecified atom stereocenters. The Balaban J connectivity index is 1.26. The summed E-state index contributed by atoms with van der Waals surface area (Å²) >= 11 is 7.88. The molecule has 2 saturated heterocycles. The highest BCUT2D eigenvalue weighted by Gasteiger charge is 2.68. The normalized spacial score (nSPS) is 27.6. The van der Waals surface area contributed by atoms with E-state index in [9.17, 15) is 19.5 Å². The van der Waals surface area contributed by atoms with Crippen molar-refractivity contribution in [3.63, 3.8) is 0 Å². The Morgan fingerprint density at radius 1 is 1.04 bits per heavy atom. The number of fused-ring (bicyclic) bond motifs is 5. The highest BCUT2D eigenvalue weighted by Crippen LogP contribution is 2.64. The van der Waals surface area contributed by atoms with Gasteiger partial charge in [0, 0.05) is 35.3 Å². The van der Waals surface area contributed by atoms with Crippen molar-refractivity contribution in [2.45, 2.75) is 46.5 Å². The number of phenolic OH excluding ortho intramolecular Hbond substituents is 1. The number of amides is 4. The lowest BCUT2D eigenvalue weighted by Crippen LogP contribution is -2.48. The molecular formula is C38H37ClN4O6S. The first kappa shape index (κ1) is 32.7. The molecule has 2 aliphatic carbocycles. The number of benzene rings is 2. The van der Waals surface area contributed by atoms with Crippen LogP contribution in [0.1, 0.15) is 50.7 Å². The number of aromatic nitrogens is 2. The Morgan fingerprint density at radius 3 is 2.56 bits per heavy atom. The van der Waals surface area contributed by atoms with Gasteiger partial charge in [0.25, 0.3) is 0 Å². The van der Waals surface area contributed by atoms with Gasteiger partial charge in [-0.15, -0.1) is 11.3 Å². The summed E-state index contributed by atoms with van der Waals surface area (Å²) in [6.07, 6.45) is 2.66. The van der Waals surface area contributed by atoms with Gasteiger partial charge in [0.15, 0.2) is 11.5 Å². The summed E-state index contributed by atoms with van der Waals surface area (Å²) in [5.41, 5.74) is 1.99. The third-order valence-electron chi connectivity index (χ3n) is 11.5. The zero-order valence-electron chi connectivity index (χ0n) is 28.4. The van der Waals surface area contributed by atoms with Crippen LogP contribution in [-0.4, -0.2) is 56.6 Å². The summed E-state index contributed by atoms with van der Waals surface area (Å²) in [6.45, 7) is 8.07. The molecule has 0 spiro atoms. The SMILES string of the molecule is CCOc1cc(C2C3=CCC4C(=O)N(CC)C(=O)C4C3CC3C(=O)N(c4cc(-c5sc6ccc(Cl)cc6c5C)nn4C)C(=O)C32C)ccc1O. The highest BCUT2D eigenvalue weighted by molar-refractivity contribution is 7.22. The van der Waals surface area contributed by atoms with Crippen molar-refractivity contribution in [1.29, 1.82) is 0 Å². The number of nitrogens with zero attached hydrogens (tertiary/aromatic N) is 4. The van der Waals surface area contributed by atoms with Crippen LogP contribution in [-0.2, 0) is 26.2 Å². The maximum atomic E-state index is 15.0. The van der Waals surface area contributed by atoms with Gasteiger partial charge in [-0.3, -0.25) is 28.8 Å². The molecule has 2 aromatic carbocycles. The van der Waals surface area contributed by atoms with Gasteiger partial charge in [0.2, 0.25) is 23.6 Å². The molecule has 0 bridgehead atoms. The number of phenols is 1. The van der Waals surface area contributed by atoms with Crippen LogP contribution in [0.4, 0.5) is 5.82 Å². The number of imide groups is 2. The van der Waals surface area contributed by atoms with E-state index in [-0.39, 0.29) is 48.1 Å². The Bertz CT molecular complexity index is 2190. The van der Waals surface area contributed by atoms with E-state index in [4.69, 9.17) is 21.4 Å². The second-order valence-corrected chi connectivity index (χ2v) is 15.4. The monoisotopic (exact) mass is 712 g/mol. The number of carbonyl (C=O) groups excluding carboxylic acids is 4. The van der Waals surface area contributed by atoms with Crippen LogP contribution in [0, 0.1) is 36.0 Å². The molecule has 0 radical (unpaired) electrons. The molecule has 6 atom stereocenters. The fraction of sp³-hybridized carbons (Fsp3) is 0.395. The third-order valence-corrected chi connectivity index (χ3v) is 13.0. The third kappa shape index (κ3) is 4.41. The fourth-order valence-electron chi connectivity index (χ4n) is 9.19. The molecule has 4 aliphatic rings. The van der Waals surface area contributed by atoms with E-state index in [1.807, 2.05) is 45.0 Å². The van der Waals surface area contributed by atoms with Crippen LogP contribution in [0.15, 0.2) is 54.1 Å². The number of likely N-dealkylation sites (tertiary alicyclic amines) is 1. The molecule has 4 heterocycles. The summed E-state index contributed by atoms with van der Waals surface area (Å²) in [5, 5.41) is 17.1. The van der Waals surface area contributed by atoms with E-state index in [0.29, 0.717) is 35.1 Å². The minimum Gasteiger partial charge on any atom is -0.504 e. The van der Waals surface area contributed by atoms with Gasteiger partial charge in [-0.1, -0.05) is 29.3 Å². The molecule has 258 valence electrons. The van der Waals surface area contributed by atoms with Crippen molar-refractivity contribution in [3.05, 3.63) is 70.3 Å². The van der Waals surface area contributed by atoms with Crippen molar-refractivity contribution >= 4 is 62.5 Å². The van der Waals surface area contributed by atoms with Crippen molar-refractivity contribution in [1.82, 2.24) is 14.7 Å². The number of aryl methyl sites for hydroxylation is 2. The van der Waals surface area contributed by atoms with E-state index in [1.165, 1.54) is 9.80 Å². The van der Waals surface area contributed by atoms with Crippen LogP contribution >= 0.6 is 22.9 Å². The van der Waals surface area contributed by atoms with Gasteiger partial charge < -0.3 is 9.84 Å². The second-order valence-electron chi connectivity index (χ2n) is 14.0. The molecule has 2 aromatic heterocycles. The minimum atomic E-state index is -1.24. The number of hydrogen-bond donors (Lipinski definition) is 1. The van der Waals surface area contributed by atoms with Crippen LogP contribution in [0.3, 0.4) is 0 Å². The number of aromatic hydroxyl groups is 1. The standard InChI is InChI=1S/C38H37ClN4O6S/c1-6-42-34(45)22-11-10-21-24(31(22)36(42)47)16-25-35(46)43(37(48)38(25,4)32(21)19-8-12-27(44)28(14-19)49-7-2)30-17-26(40-41(30)5)33-18(3)23-15-20(39)9-13-29(23)50-33/h8-10,12-15,17,22,24-25,31-32,44H,6-7,11,16H2,1-5H3. The zero-order valence-corrected chi connectivity index (χ0v) is 30.0. The maximum absolute atomic E-state index is 15.0. The first-order valence-corrected chi connectivity index (χ1v) is 18.2. The van der Waals surface area contributed by atoms with Gasteiger partial charge in [-0.2, -0.15) is 5.10 Å². The number of ether oxygens (including phenoxy) is 1. The lowest BCUT2D eigenvalue weighted by molar-refractivity contribution is -0.140. The van der Waals surface area contributed by atoms with Gasteiger partial charge in [-0.25, -0.2) is 4.90 Å². The molecule has 1 saturated carbocycles. The number of thiophene rings is 1. The summed E-state index contributed by atoms with van der Waals surface area (Å²) < 4.78 is 8.39. The van der Waals surface area contributed by atoms with Gasteiger partial charge >= 0.3 is 0 Å². The predicted molar refractivity (Wildman–Crippen MR) is 190 cm³/mol. The van der Waals surface area contributed by atoms with E-state index in [1.54, 1.807) is 54.3 Å². The van der Waals surface area contributed by atoms with Crippen LogP contribution < -0.4 is 9.64 Å². The van der Waals surface area contributed by atoms with Crippen molar-refractivity contribution < 1.29 is 29.0 Å². The molecule has 3 fully saturated rings. The topological polar surface area (TPSA) is 122 Å². The number of anilines is 1. The highest BCUT2D eigenvalue weighted by atomic mass is 35.5. The number of halogens is 1. The number of allylic oxidation sites excluding steroid dienone is 2. The molecule has 10 nitrogen and oxygen atoms in total. The predicted octanol–water partition coefficient (Wildman–Crippen LogP) is 6.62. The first-order chi connectivity index (χ1) is 23.9. The van der Waals surface area contributed by atoms with E-state index in [2.05, 4.69) is 0 Å². The minimum absolute atomic E-state index is 0.0332.